The molecule has 2 aromatic heterocycles. The number of H-pyrrole nitrogens is 1. The average Bonchev–Trinajstić information content (AvgIpc) is 3.51. The summed E-state index contributed by atoms with van der Waals surface area (Å²) in [6.45, 7) is 6.79. The third-order valence-corrected chi connectivity index (χ3v) is 6.10. The number of rotatable bonds is 11. The standard InChI is InChI=1S/C28H34N6O4/c1-28(2,3)24-17-25(33-32-24)31-27(37)30-19-9-11-20(12-10-19)34-18-29-22-16-21(13-14-23(22)34)38-15-7-5-4-6-8-26(35)36/h9-14,16-18H,4-8,15H2,1-3H3,(H,35,36)(H3,30,31,32,33,37). The van der Waals surface area contributed by atoms with Crippen molar-refractivity contribution in [3.8, 4) is 11.4 Å². The molecule has 0 radical (unpaired) electrons. The van der Waals surface area contributed by atoms with Crippen LogP contribution in [0.5, 0.6) is 5.75 Å². The van der Waals surface area contributed by atoms with E-state index in [0.717, 1.165) is 47.4 Å². The Labute approximate surface area is 221 Å². The van der Waals surface area contributed by atoms with Crippen molar-refractivity contribution in [2.45, 2.75) is 58.3 Å². The molecule has 0 fully saturated rings. The second-order valence-electron chi connectivity index (χ2n) is 10.2. The van der Waals surface area contributed by atoms with E-state index in [-0.39, 0.29) is 17.9 Å². The van der Waals surface area contributed by atoms with Gasteiger partial charge in [0.25, 0.3) is 0 Å². The molecule has 10 heteroatoms. The molecule has 2 aromatic carbocycles. The number of carboxylic acid groups (broad SMARTS) is 1. The van der Waals surface area contributed by atoms with Crippen molar-refractivity contribution in [1.29, 1.82) is 0 Å². The van der Waals surface area contributed by atoms with Crippen LogP contribution in [0.2, 0.25) is 0 Å². The minimum atomic E-state index is -0.745. The van der Waals surface area contributed by atoms with Gasteiger partial charge in [-0.05, 0) is 49.2 Å². The van der Waals surface area contributed by atoms with Crippen LogP contribution in [0.1, 0.15) is 58.6 Å². The fourth-order valence-corrected chi connectivity index (χ4v) is 3.96. The van der Waals surface area contributed by atoms with Gasteiger partial charge in [0, 0.05) is 41.0 Å². The van der Waals surface area contributed by atoms with Crippen LogP contribution in [0.3, 0.4) is 0 Å². The molecule has 0 unspecified atom stereocenters. The number of carboxylic acids is 1. The number of imidazole rings is 1. The lowest BCUT2D eigenvalue weighted by Crippen LogP contribution is -2.19. The topological polar surface area (TPSA) is 134 Å². The van der Waals surface area contributed by atoms with Gasteiger partial charge in [-0.15, -0.1) is 0 Å². The van der Waals surface area contributed by atoms with Crippen molar-refractivity contribution >= 4 is 34.5 Å². The number of hydrogen-bond donors (Lipinski definition) is 4. The zero-order valence-corrected chi connectivity index (χ0v) is 22.0. The number of anilines is 2. The maximum Gasteiger partial charge on any atom is 0.324 e. The van der Waals surface area contributed by atoms with E-state index in [1.165, 1.54) is 0 Å². The van der Waals surface area contributed by atoms with E-state index < -0.39 is 5.97 Å². The van der Waals surface area contributed by atoms with Gasteiger partial charge in [-0.3, -0.25) is 19.8 Å². The highest BCUT2D eigenvalue weighted by Crippen LogP contribution is 2.25. The molecule has 10 nitrogen and oxygen atoms in total. The lowest BCUT2D eigenvalue weighted by atomic mass is 9.92. The Kier molecular flexibility index (Phi) is 8.30. The molecule has 0 aliphatic carbocycles. The first-order valence-corrected chi connectivity index (χ1v) is 12.7. The fourth-order valence-electron chi connectivity index (χ4n) is 3.96. The highest BCUT2D eigenvalue weighted by Gasteiger charge is 2.17. The van der Waals surface area contributed by atoms with Crippen LogP contribution in [0, 0.1) is 0 Å². The number of hydrogen-bond acceptors (Lipinski definition) is 5. The lowest BCUT2D eigenvalue weighted by Gasteiger charge is -2.14. The van der Waals surface area contributed by atoms with E-state index in [0.29, 0.717) is 24.5 Å². The molecule has 0 aliphatic heterocycles. The molecule has 38 heavy (non-hydrogen) atoms. The van der Waals surface area contributed by atoms with Gasteiger partial charge in [-0.1, -0.05) is 33.6 Å². The molecule has 2 amide bonds. The normalized spacial score (nSPS) is 11.4. The van der Waals surface area contributed by atoms with E-state index in [1.807, 2.05) is 53.1 Å². The first kappa shape index (κ1) is 26.7. The van der Waals surface area contributed by atoms with Crippen molar-refractivity contribution in [2.75, 3.05) is 17.2 Å². The molecule has 0 spiro atoms. The molecule has 0 bridgehead atoms. The number of fused-ring (bicyclic) bond motifs is 1. The van der Waals surface area contributed by atoms with Crippen LogP contribution in [-0.2, 0) is 10.2 Å². The predicted octanol–water partition coefficient (Wildman–Crippen LogP) is 6.10. The summed E-state index contributed by atoms with van der Waals surface area (Å²) in [4.78, 5) is 27.5. The van der Waals surface area contributed by atoms with Crippen molar-refractivity contribution in [1.82, 2.24) is 19.7 Å². The SMILES string of the molecule is CC(C)(C)c1cc(NC(=O)Nc2ccc(-n3cnc4cc(OCCCCCCC(=O)O)ccc43)cc2)n[nH]1. The largest absolute Gasteiger partial charge is 0.494 e. The number of aromatic amines is 1. The van der Waals surface area contributed by atoms with E-state index >= 15 is 0 Å². The van der Waals surface area contributed by atoms with Crippen molar-refractivity contribution in [3.05, 3.63) is 60.6 Å². The van der Waals surface area contributed by atoms with Gasteiger partial charge in [0.1, 0.15) is 12.1 Å². The van der Waals surface area contributed by atoms with E-state index in [9.17, 15) is 9.59 Å². The number of nitrogens with one attached hydrogen (secondary N) is 3. The molecule has 2 heterocycles. The smallest absolute Gasteiger partial charge is 0.324 e. The van der Waals surface area contributed by atoms with Crippen LogP contribution in [0.25, 0.3) is 16.7 Å². The van der Waals surface area contributed by atoms with Crippen LogP contribution in [0.4, 0.5) is 16.3 Å². The van der Waals surface area contributed by atoms with Crippen LogP contribution < -0.4 is 15.4 Å². The lowest BCUT2D eigenvalue weighted by molar-refractivity contribution is -0.137. The molecule has 0 aliphatic rings. The molecule has 0 saturated heterocycles. The van der Waals surface area contributed by atoms with E-state index in [2.05, 4.69) is 46.6 Å². The highest BCUT2D eigenvalue weighted by atomic mass is 16.5. The Morgan fingerprint density at radius 2 is 1.76 bits per heavy atom. The van der Waals surface area contributed by atoms with E-state index in [4.69, 9.17) is 9.84 Å². The highest BCUT2D eigenvalue weighted by molar-refractivity contribution is 5.99. The Morgan fingerprint density at radius 1 is 1.00 bits per heavy atom. The maximum atomic E-state index is 12.4. The predicted molar refractivity (Wildman–Crippen MR) is 147 cm³/mol. The molecular weight excluding hydrogens is 484 g/mol. The summed E-state index contributed by atoms with van der Waals surface area (Å²) in [5.41, 5.74) is 4.18. The summed E-state index contributed by atoms with van der Waals surface area (Å²) in [5.74, 6) is 0.475. The van der Waals surface area contributed by atoms with Crippen molar-refractivity contribution in [2.24, 2.45) is 0 Å². The quantitative estimate of drug-likeness (QED) is 0.177. The molecule has 0 atom stereocenters. The average molecular weight is 519 g/mol. The summed E-state index contributed by atoms with van der Waals surface area (Å²) >= 11 is 0. The van der Waals surface area contributed by atoms with Gasteiger partial charge in [-0.2, -0.15) is 5.10 Å². The van der Waals surface area contributed by atoms with Gasteiger partial charge in [-0.25, -0.2) is 9.78 Å². The zero-order chi connectivity index (χ0) is 27.1. The number of nitrogens with zero attached hydrogens (tertiary/aromatic N) is 3. The Bertz CT molecular complexity index is 1380. The van der Waals surface area contributed by atoms with Gasteiger partial charge in [0.15, 0.2) is 5.82 Å². The van der Waals surface area contributed by atoms with Crippen LogP contribution in [0.15, 0.2) is 54.9 Å². The van der Waals surface area contributed by atoms with Gasteiger partial charge < -0.3 is 15.2 Å². The van der Waals surface area contributed by atoms with Crippen LogP contribution >= 0.6 is 0 Å². The minimum absolute atomic E-state index is 0.0865. The second-order valence-corrected chi connectivity index (χ2v) is 10.2. The number of aliphatic carboxylic acids is 1. The third-order valence-electron chi connectivity index (χ3n) is 6.10. The van der Waals surface area contributed by atoms with E-state index in [1.54, 1.807) is 6.33 Å². The summed E-state index contributed by atoms with van der Waals surface area (Å²) < 4.78 is 7.83. The number of amides is 2. The number of benzene rings is 2. The fraction of sp³-hybridized carbons (Fsp3) is 0.357. The number of aromatic nitrogens is 4. The van der Waals surface area contributed by atoms with Crippen LogP contribution in [-0.4, -0.2) is 43.5 Å². The number of carbonyl (C=O) groups excluding carboxylic acids is 1. The number of unbranched alkanes of at least 4 members (excludes halogenated alkanes) is 3. The van der Waals surface area contributed by atoms with Gasteiger partial charge in [0.05, 0.1) is 17.6 Å². The second kappa shape index (κ2) is 11.8. The Balaban J connectivity index is 1.30. The Hall–Kier alpha value is -4.34. The number of carbonyl (C=O) groups is 2. The Morgan fingerprint density at radius 3 is 2.47 bits per heavy atom. The molecule has 4 aromatic rings. The number of urea groups is 1. The molecule has 4 rings (SSSR count). The summed E-state index contributed by atoms with van der Waals surface area (Å²) in [6.07, 6.45) is 5.39. The first-order valence-electron chi connectivity index (χ1n) is 12.7. The molecule has 200 valence electrons. The molecular formula is C28H34N6O4. The number of ether oxygens (including phenoxy) is 1. The van der Waals surface area contributed by atoms with Crippen molar-refractivity contribution < 1.29 is 19.4 Å². The molecule has 0 saturated carbocycles. The summed E-state index contributed by atoms with van der Waals surface area (Å²) in [6, 6.07) is 14.8. The van der Waals surface area contributed by atoms with Gasteiger partial charge >= 0.3 is 12.0 Å². The van der Waals surface area contributed by atoms with Gasteiger partial charge in [0.2, 0.25) is 0 Å². The monoisotopic (exact) mass is 518 g/mol. The maximum absolute atomic E-state index is 12.4. The van der Waals surface area contributed by atoms with Crippen molar-refractivity contribution in [3.63, 3.8) is 0 Å². The third kappa shape index (κ3) is 7.12. The summed E-state index contributed by atoms with van der Waals surface area (Å²) in [7, 11) is 0. The molecule has 4 N–H and O–H groups in total. The minimum Gasteiger partial charge on any atom is -0.494 e. The zero-order valence-electron chi connectivity index (χ0n) is 22.0. The first-order chi connectivity index (χ1) is 18.2. The summed E-state index contributed by atoms with van der Waals surface area (Å²) in [5, 5.41) is 21.4.